The van der Waals surface area contributed by atoms with Crippen LogP contribution in [-0.4, -0.2) is 0 Å². The maximum absolute atomic E-state index is 2.27. The molecule has 0 bridgehead atoms. The van der Waals surface area contributed by atoms with Crippen LogP contribution in [0.15, 0.2) is 60.0 Å². The highest BCUT2D eigenvalue weighted by molar-refractivity contribution is 7.14. The van der Waals surface area contributed by atoms with Crippen molar-refractivity contribution >= 4 is 11.3 Å². The fraction of sp³-hybridized carbons (Fsp3) is 0.333. The van der Waals surface area contributed by atoms with Crippen molar-refractivity contribution in [2.75, 3.05) is 0 Å². The summed E-state index contributed by atoms with van der Waals surface area (Å²) in [6, 6.07) is 20.3. The van der Waals surface area contributed by atoms with Gasteiger partial charge in [-0.15, -0.1) is 11.3 Å². The molecule has 3 aromatic rings. The van der Waals surface area contributed by atoms with E-state index in [1.165, 1.54) is 32.7 Å². The summed E-state index contributed by atoms with van der Waals surface area (Å²) in [5.41, 5.74) is 7.07. The monoisotopic (exact) mass is 348 g/mol. The maximum Gasteiger partial charge on any atom is 0.0421 e. The molecule has 0 saturated heterocycles. The van der Waals surface area contributed by atoms with Crippen LogP contribution in [0.3, 0.4) is 0 Å². The molecule has 0 aliphatic heterocycles. The molecule has 2 aromatic carbocycles. The van der Waals surface area contributed by atoms with Gasteiger partial charge < -0.3 is 0 Å². The molecule has 0 radical (unpaired) electrons. The number of thiophene rings is 1. The summed E-state index contributed by atoms with van der Waals surface area (Å²) in [6.45, 7) is 13.6. The van der Waals surface area contributed by atoms with E-state index in [1.807, 2.05) is 11.3 Å². The lowest BCUT2D eigenvalue weighted by atomic mass is 9.85. The van der Waals surface area contributed by atoms with Crippen LogP contribution in [0.5, 0.6) is 0 Å². The Morgan fingerprint density at radius 1 is 0.560 bits per heavy atom. The molecule has 3 rings (SSSR count). The molecule has 0 atom stereocenters. The van der Waals surface area contributed by atoms with Crippen LogP contribution in [0, 0.1) is 0 Å². The van der Waals surface area contributed by atoms with Gasteiger partial charge in [0, 0.05) is 10.4 Å². The fourth-order valence-corrected chi connectivity index (χ4v) is 3.96. The summed E-state index contributed by atoms with van der Waals surface area (Å²) in [6.07, 6.45) is 0. The van der Waals surface area contributed by atoms with Crippen molar-refractivity contribution in [1.82, 2.24) is 0 Å². The van der Waals surface area contributed by atoms with Gasteiger partial charge in [-0.2, -0.15) is 0 Å². The first-order valence-corrected chi connectivity index (χ1v) is 9.83. The van der Waals surface area contributed by atoms with Crippen molar-refractivity contribution in [2.24, 2.45) is 0 Å². The van der Waals surface area contributed by atoms with Gasteiger partial charge >= 0.3 is 0 Å². The van der Waals surface area contributed by atoms with Crippen LogP contribution >= 0.6 is 11.3 Å². The van der Waals surface area contributed by atoms with E-state index in [-0.39, 0.29) is 10.8 Å². The predicted molar refractivity (Wildman–Crippen MR) is 113 cm³/mol. The Kier molecular flexibility index (Phi) is 4.64. The minimum atomic E-state index is 0.193. The number of benzene rings is 2. The molecule has 0 amide bonds. The topological polar surface area (TPSA) is 0 Å². The zero-order chi connectivity index (χ0) is 18.2. The molecule has 0 saturated carbocycles. The largest absolute Gasteiger partial charge is 0.143 e. The molecule has 0 unspecified atom stereocenters. The Labute approximate surface area is 156 Å². The van der Waals surface area contributed by atoms with Crippen molar-refractivity contribution in [3.05, 3.63) is 71.1 Å². The lowest BCUT2D eigenvalue weighted by Gasteiger charge is -2.20. The molecule has 0 nitrogen and oxygen atoms in total. The highest BCUT2D eigenvalue weighted by atomic mass is 32.1. The molecular weight excluding hydrogens is 320 g/mol. The van der Waals surface area contributed by atoms with Gasteiger partial charge in [-0.05, 0) is 44.5 Å². The van der Waals surface area contributed by atoms with Gasteiger partial charge in [0.25, 0.3) is 0 Å². The van der Waals surface area contributed by atoms with Crippen LogP contribution in [0.25, 0.3) is 21.6 Å². The zero-order valence-electron chi connectivity index (χ0n) is 16.2. The maximum atomic E-state index is 2.27. The van der Waals surface area contributed by atoms with Crippen molar-refractivity contribution in [3.63, 3.8) is 0 Å². The summed E-state index contributed by atoms with van der Waals surface area (Å²) < 4.78 is 0. The Hall–Kier alpha value is -1.86. The Bertz CT molecular complexity index is 763. The highest BCUT2D eigenvalue weighted by Crippen LogP contribution is 2.38. The van der Waals surface area contributed by atoms with E-state index < -0.39 is 0 Å². The van der Waals surface area contributed by atoms with Crippen molar-refractivity contribution in [2.45, 2.75) is 52.4 Å². The van der Waals surface area contributed by atoms with Crippen molar-refractivity contribution in [1.29, 1.82) is 0 Å². The molecule has 1 heterocycles. The van der Waals surface area contributed by atoms with Crippen molar-refractivity contribution < 1.29 is 0 Å². The van der Waals surface area contributed by atoms with E-state index in [0.29, 0.717) is 0 Å². The molecule has 130 valence electrons. The van der Waals surface area contributed by atoms with Gasteiger partial charge in [0.05, 0.1) is 0 Å². The van der Waals surface area contributed by atoms with E-state index in [2.05, 4.69) is 102 Å². The van der Waals surface area contributed by atoms with E-state index in [4.69, 9.17) is 0 Å². The predicted octanol–water partition coefficient (Wildman–Crippen LogP) is 7.68. The smallest absolute Gasteiger partial charge is 0.0421 e. The van der Waals surface area contributed by atoms with Gasteiger partial charge in [-0.3, -0.25) is 0 Å². The highest BCUT2D eigenvalue weighted by Gasteiger charge is 2.16. The van der Waals surface area contributed by atoms with Gasteiger partial charge in [-0.25, -0.2) is 0 Å². The third-order valence-electron chi connectivity index (χ3n) is 4.74. The average Bonchev–Trinajstić information content (AvgIpc) is 3.03. The van der Waals surface area contributed by atoms with Gasteiger partial charge in [-0.1, -0.05) is 90.1 Å². The molecule has 0 fully saturated rings. The molecular formula is C24H28S. The molecule has 0 aliphatic rings. The molecule has 25 heavy (non-hydrogen) atoms. The van der Waals surface area contributed by atoms with Gasteiger partial charge in [0.15, 0.2) is 0 Å². The van der Waals surface area contributed by atoms with Crippen LogP contribution in [-0.2, 0) is 10.8 Å². The number of rotatable bonds is 2. The Morgan fingerprint density at radius 3 is 1.44 bits per heavy atom. The van der Waals surface area contributed by atoms with Crippen LogP contribution in [0.4, 0.5) is 0 Å². The first-order valence-electron chi connectivity index (χ1n) is 8.95. The first-order chi connectivity index (χ1) is 11.7. The lowest BCUT2D eigenvalue weighted by molar-refractivity contribution is 0.590. The fourth-order valence-electron chi connectivity index (χ4n) is 3.03. The second-order valence-electron chi connectivity index (χ2n) is 8.82. The van der Waals surface area contributed by atoms with Gasteiger partial charge in [0.1, 0.15) is 0 Å². The molecule has 0 spiro atoms. The quantitative estimate of drug-likeness (QED) is 0.445. The minimum Gasteiger partial charge on any atom is -0.143 e. The third-order valence-corrected chi connectivity index (χ3v) is 5.70. The third kappa shape index (κ3) is 3.88. The summed E-state index contributed by atoms with van der Waals surface area (Å²) in [5.74, 6) is 0. The number of hydrogen-bond donors (Lipinski definition) is 0. The first kappa shape index (κ1) is 17.9. The lowest BCUT2D eigenvalue weighted by Crippen LogP contribution is -2.10. The second-order valence-corrected chi connectivity index (χ2v) is 9.73. The van der Waals surface area contributed by atoms with Crippen LogP contribution < -0.4 is 0 Å². The van der Waals surface area contributed by atoms with E-state index in [9.17, 15) is 0 Å². The summed E-state index contributed by atoms with van der Waals surface area (Å²) >= 11 is 1.82. The van der Waals surface area contributed by atoms with Crippen molar-refractivity contribution in [3.8, 4) is 21.6 Å². The zero-order valence-corrected chi connectivity index (χ0v) is 17.0. The van der Waals surface area contributed by atoms with E-state index in [0.717, 1.165) is 0 Å². The standard InChI is InChI=1S/C24H28S/c1-23(2,3)19-11-7-17(8-12-19)21-15-16-25-22(21)18-9-13-20(14-10-18)24(4,5)6/h7-16H,1-6H3. The summed E-state index contributed by atoms with van der Waals surface area (Å²) in [4.78, 5) is 1.35. The van der Waals surface area contributed by atoms with Crippen LogP contribution in [0.1, 0.15) is 52.7 Å². The Balaban J connectivity index is 1.96. The summed E-state index contributed by atoms with van der Waals surface area (Å²) in [7, 11) is 0. The normalized spacial score (nSPS) is 12.4. The van der Waals surface area contributed by atoms with Gasteiger partial charge in [0.2, 0.25) is 0 Å². The average molecular weight is 349 g/mol. The minimum absolute atomic E-state index is 0.193. The van der Waals surface area contributed by atoms with E-state index >= 15 is 0 Å². The molecule has 1 aromatic heterocycles. The second kappa shape index (κ2) is 6.46. The molecule has 1 heteroatoms. The Morgan fingerprint density at radius 2 is 1.00 bits per heavy atom. The van der Waals surface area contributed by atoms with E-state index in [1.54, 1.807) is 0 Å². The molecule has 0 N–H and O–H groups in total. The molecule has 0 aliphatic carbocycles. The van der Waals surface area contributed by atoms with Crippen LogP contribution in [0.2, 0.25) is 0 Å². The SMILES string of the molecule is CC(C)(C)c1ccc(-c2ccsc2-c2ccc(C(C)(C)C)cc2)cc1. The number of hydrogen-bond acceptors (Lipinski definition) is 1. The summed E-state index contributed by atoms with van der Waals surface area (Å²) in [5, 5.41) is 2.19.